The molecule has 3 N–H and O–H groups in total. The van der Waals surface area contributed by atoms with Gasteiger partial charge in [-0.3, -0.25) is 15.1 Å². The van der Waals surface area contributed by atoms with Crippen molar-refractivity contribution in [2.45, 2.75) is 32.7 Å². The van der Waals surface area contributed by atoms with Crippen molar-refractivity contribution in [2.75, 3.05) is 13.1 Å². The molecule has 4 nitrogen and oxygen atoms in total. The number of hydrazine groups is 1. The summed E-state index contributed by atoms with van der Waals surface area (Å²) in [4.78, 5) is 13.3. The summed E-state index contributed by atoms with van der Waals surface area (Å²) in [5.74, 6) is 5.57. The Balaban J connectivity index is 2.44. The summed E-state index contributed by atoms with van der Waals surface area (Å²) in [5.41, 5.74) is 2.17. The number of likely N-dealkylation sites (tertiary alicyclic amines) is 1. The number of amides is 1. The number of carbonyl (C=O) groups excluding carboxylic acids is 1. The third-order valence-corrected chi connectivity index (χ3v) is 2.69. The van der Waals surface area contributed by atoms with Crippen LogP contribution in [0.3, 0.4) is 0 Å². The second-order valence-electron chi connectivity index (χ2n) is 3.99. The zero-order valence-corrected chi connectivity index (χ0v) is 8.42. The molecule has 1 saturated heterocycles. The average molecular weight is 185 g/mol. The largest absolute Gasteiger partial charge is 0.293 e. The summed E-state index contributed by atoms with van der Waals surface area (Å²) in [6.45, 7) is 5.86. The predicted octanol–water partition coefficient (Wildman–Crippen LogP) is 0.0967. The van der Waals surface area contributed by atoms with Crippen LogP contribution in [0.5, 0.6) is 0 Å². The molecule has 1 fully saturated rings. The second-order valence-corrected chi connectivity index (χ2v) is 3.99. The number of nitrogens with two attached hydrogens (primary N) is 1. The van der Waals surface area contributed by atoms with E-state index >= 15 is 0 Å². The van der Waals surface area contributed by atoms with Crippen LogP contribution in [0.2, 0.25) is 0 Å². The minimum absolute atomic E-state index is 0.0902. The van der Waals surface area contributed by atoms with Crippen LogP contribution in [0.15, 0.2) is 0 Å². The van der Waals surface area contributed by atoms with Gasteiger partial charge in [-0.05, 0) is 25.3 Å². The van der Waals surface area contributed by atoms with E-state index in [4.69, 9.17) is 5.84 Å². The first-order chi connectivity index (χ1) is 6.15. The summed E-state index contributed by atoms with van der Waals surface area (Å²) in [6, 6.07) is 0.553. The predicted molar refractivity (Wildman–Crippen MR) is 51.8 cm³/mol. The van der Waals surface area contributed by atoms with E-state index in [-0.39, 0.29) is 5.91 Å². The fraction of sp³-hybridized carbons (Fsp3) is 0.889. The van der Waals surface area contributed by atoms with Crippen molar-refractivity contribution in [1.29, 1.82) is 0 Å². The van der Waals surface area contributed by atoms with Gasteiger partial charge in [0.1, 0.15) is 0 Å². The van der Waals surface area contributed by atoms with E-state index in [0.29, 0.717) is 18.5 Å². The fourth-order valence-electron chi connectivity index (χ4n) is 2.03. The van der Waals surface area contributed by atoms with Gasteiger partial charge in [-0.15, -0.1) is 0 Å². The first kappa shape index (κ1) is 10.5. The molecule has 1 aliphatic heterocycles. The highest BCUT2D eigenvalue weighted by Crippen LogP contribution is 2.22. The van der Waals surface area contributed by atoms with Crippen LogP contribution in [0.4, 0.5) is 0 Å². The van der Waals surface area contributed by atoms with Gasteiger partial charge in [0.25, 0.3) is 0 Å². The van der Waals surface area contributed by atoms with Gasteiger partial charge < -0.3 is 0 Å². The molecule has 4 heteroatoms. The Morgan fingerprint density at radius 2 is 2.38 bits per heavy atom. The lowest BCUT2D eigenvalue weighted by Crippen LogP contribution is -2.43. The molecule has 1 aliphatic rings. The van der Waals surface area contributed by atoms with Crippen LogP contribution in [0, 0.1) is 5.92 Å². The molecule has 1 heterocycles. The lowest BCUT2D eigenvalue weighted by Gasteiger charge is -2.26. The van der Waals surface area contributed by atoms with Gasteiger partial charge in [-0.2, -0.15) is 0 Å². The summed E-state index contributed by atoms with van der Waals surface area (Å²) in [7, 11) is 0. The summed E-state index contributed by atoms with van der Waals surface area (Å²) in [5, 5.41) is 0. The van der Waals surface area contributed by atoms with Crippen molar-refractivity contribution in [3.8, 4) is 0 Å². The van der Waals surface area contributed by atoms with E-state index in [1.165, 1.54) is 12.8 Å². The van der Waals surface area contributed by atoms with Gasteiger partial charge in [0, 0.05) is 6.04 Å². The van der Waals surface area contributed by atoms with Gasteiger partial charge in [0.05, 0.1) is 6.54 Å². The van der Waals surface area contributed by atoms with Crippen molar-refractivity contribution in [2.24, 2.45) is 11.8 Å². The van der Waals surface area contributed by atoms with Crippen molar-refractivity contribution in [1.82, 2.24) is 10.3 Å². The normalized spacial score (nSPS) is 23.8. The Kier molecular flexibility index (Phi) is 3.69. The lowest BCUT2D eigenvalue weighted by atomic mass is 10.0. The Labute approximate surface area is 79.4 Å². The number of hydrogen-bond acceptors (Lipinski definition) is 3. The maximum atomic E-state index is 11.1. The maximum Gasteiger partial charge on any atom is 0.248 e. The van der Waals surface area contributed by atoms with Crippen LogP contribution in [0.25, 0.3) is 0 Å². The molecule has 0 aromatic rings. The van der Waals surface area contributed by atoms with E-state index < -0.39 is 0 Å². The van der Waals surface area contributed by atoms with Crippen LogP contribution in [-0.4, -0.2) is 29.9 Å². The second kappa shape index (κ2) is 4.58. The van der Waals surface area contributed by atoms with Gasteiger partial charge >= 0.3 is 0 Å². The molecule has 1 amide bonds. The highest BCUT2D eigenvalue weighted by molar-refractivity contribution is 5.77. The van der Waals surface area contributed by atoms with E-state index in [1.54, 1.807) is 0 Å². The first-order valence-electron chi connectivity index (χ1n) is 4.88. The molecule has 1 unspecified atom stereocenters. The van der Waals surface area contributed by atoms with Crippen molar-refractivity contribution in [3.05, 3.63) is 0 Å². The highest BCUT2D eigenvalue weighted by atomic mass is 16.2. The monoisotopic (exact) mass is 185 g/mol. The number of nitrogens with one attached hydrogen (secondary N) is 1. The van der Waals surface area contributed by atoms with Crippen LogP contribution in [-0.2, 0) is 4.79 Å². The molecular formula is C9H19N3O. The van der Waals surface area contributed by atoms with Crippen LogP contribution < -0.4 is 11.3 Å². The number of rotatable bonds is 3. The Morgan fingerprint density at radius 3 is 2.92 bits per heavy atom. The minimum atomic E-state index is -0.0902. The zero-order valence-electron chi connectivity index (χ0n) is 8.42. The fourth-order valence-corrected chi connectivity index (χ4v) is 2.03. The summed E-state index contributed by atoms with van der Waals surface area (Å²) >= 11 is 0. The van der Waals surface area contributed by atoms with Crippen LogP contribution >= 0.6 is 0 Å². The molecule has 0 aliphatic carbocycles. The average Bonchev–Trinajstić information content (AvgIpc) is 2.52. The first-order valence-corrected chi connectivity index (χ1v) is 4.88. The van der Waals surface area contributed by atoms with Crippen molar-refractivity contribution in [3.63, 3.8) is 0 Å². The lowest BCUT2D eigenvalue weighted by molar-refractivity contribution is -0.122. The molecule has 0 saturated carbocycles. The molecule has 0 bridgehead atoms. The van der Waals surface area contributed by atoms with E-state index in [2.05, 4.69) is 24.2 Å². The molecule has 1 atom stereocenters. The highest BCUT2D eigenvalue weighted by Gasteiger charge is 2.27. The van der Waals surface area contributed by atoms with Crippen molar-refractivity contribution < 1.29 is 4.79 Å². The van der Waals surface area contributed by atoms with E-state index in [0.717, 1.165) is 6.54 Å². The Bertz CT molecular complexity index is 182. The molecule has 13 heavy (non-hydrogen) atoms. The summed E-state index contributed by atoms with van der Waals surface area (Å²) in [6.07, 6.45) is 2.40. The van der Waals surface area contributed by atoms with Crippen LogP contribution in [0.1, 0.15) is 26.7 Å². The van der Waals surface area contributed by atoms with E-state index in [1.807, 2.05) is 0 Å². The summed E-state index contributed by atoms with van der Waals surface area (Å²) < 4.78 is 0. The molecule has 0 aromatic carbocycles. The standard InChI is InChI=1S/C9H19N3O/c1-7(2)8-4-3-5-12(8)6-9(13)11-10/h7-8H,3-6,10H2,1-2H3,(H,11,13). The van der Waals surface area contributed by atoms with Gasteiger partial charge in [0.2, 0.25) is 5.91 Å². The van der Waals surface area contributed by atoms with Crippen molar-refractivity contribution >= 4 is 5.91 Å². The molecule has 0 aromatic heterocycles. The number of nitrogens with zero attached hydrogens (tertiary/aromatic N) is 1. The van der Waals surface area contributed by atoms with Gasteiger partial charge in [-0.1, -0.05) is 13.8 Å². The SMILES string of the molecule is CC(C)C1CCCN1CC(=O)NN. The number of hydrogen-bond donors (Lipinski definition) is 2. The smallest absolute Gasteiger partial charge is 0.248 e. The Hall–Kier alpha value is -0.610. The molecule has 1 rings (SSSR count). The zero-order chi connectivity index (χ0) is 9.84. The topological polar surface area (TPSA) is 58.4 Å². The number of carbonyl (C=O) groups is 1. The third-order valence-electron chi connectivity index (χ3n) is 2.69. The van der Waals surface area contributed by atoms with Gasteiger partial charge in [0.15, 0.2) is 0 Å². The quantitative estimate of drug-likeness (QED) is 0.372. The molecule has 0 spiro atoms. The molecular weight excluding hydrogens is 166 g/mol. The van der Waals surface area contributed by atoms with Gasteiger partial charge in [-0.25, -0.2) is 5.84 Å². The molecule has 0 radical (unpaired) electrons. The maximum absolute atomic E-state index is 11.1. The van der Waals surface area contributed by atoms with E-state index in [9.17, 15) is 4.79 Å². The molecule has 76 valence electrons. The minimum Gasteiger partial charge on any atom is -0.293 e. The Morgan fingerprint density at radius 1 is 1.69 bits per heavy atom. The third kappa shape index (κ3) is 2.67.